The molecule has 132 valence electrons. The molecule has 0 aromatic heterocycles. The number of likely N-dealkylation sites (N-methyl/N-ethyl adjacent to an activating group) is 1. The lowest BCUT2D eigenvalue weighted by Crippen LogP contribution is -2.53. The van der Waals surface area contributed by atoms with Crippen LogP contribution in [0.3, 0.4) is 0 Å². The van der Waals surface area contributed by atoms with E-state index in [9.17, 15) is 14.4 Å². The molecule has 3 aliphatic heterocycles. The monoisotopic (exact) mass is 342 g/mol. The first-order valence-corrected chi connectivity index (χ1v) is 8.76. The highest BCUT2D eigenvalue weighted by Crippen LogP contribution is 2.31. The predicted molar refractivity (Wildman–Crippen MR) is 92.2 cm³/mol. The number of nitrogens with one attached hydrogen (secondary N) is 1. The van der Waals surface area contributed by atoms with E-state index in [1.807, 2.05) is 12.1 Å². The van der Waals surface area contributed by atoms with E-state index >= 15 is 0 Å². The average Bonchev–Trinajstić information content (AvgIpc) is 2.96. The van der Waals surface area contributed by atoms with Crippen LogP contribution in [0.5, 0.6) is 0 Å². The maximum absolute atomic E-state index is 12.8. The molecule has 0 radical (unpaired) electrons. The van der Waals surface area contributed by atoms with Crippen LogP contribution >= 0.6 is 0 Å². The van der Waals surface area contributed by atoms with Gasteiger partial charge in [-0.2, -0.15) is 0 Å². The van der Waals surface area contributed by atoms with Crippen LogP contribution in [0.25, 0.3) is 0 Å². The van der Waals surface area contributed by atoms with Crippen molar-refractivity contribution in [3.63, 3.8) is 0 Å². The molecular formula is C18H22N4O3. The van der Waals surface area contributed by atoms with Crippen LogP contribution in [0.15, 0.2) is 18.2 Å². The molecule has 7 nitrogen and oxygen atoms in total. The van der Waals surface area contributed by atoms with E-state index in [-0.39, 0.29) is 17.7 Å². The lowest BCUT2D eigenvalue weighted by atomic mass is 10.0. The molecule has 3 amide bonds. The third-order valence-corrected chi connectivity index (χ3v) is 5.40. The molecule has 1 N–H and O–H groups in total. The fraction of sp³-hybridized carbons (Fsp3) is 0.500. The number of likely N-dealkylation sites (tertiary alicyclic amines) is 1. The lowest BCUT2D eigenvalue weighted by molar-refractivity contribution is -0.150. The van der Waals surface area contributed by atoms with Gasteiger partial charge in [-0.25, -0.2) is 0 Å². The number of benzene rings is 1. The zero-order valence-electron chi connectivity index (χ0n) is 14.3. The molecule has 25 heavy (non-hydrogen) atoms. The Balaban J connectivity index is 1.56. The summed E-state index contributed by atoms with van der Waals surface area (Å²) in [6.07, 6.45) is 0.714. The van der Waals surface area contributed by atoms with Gasteiger partial charge in [0.2, 0.25) is 5.91 Å². The number of imide groups is 1. The van der Waals surface area contributed by atoms with Crippen molar-refractivity contribution in [2.24, 2.45) is 0 Å². The first kappa shape index (κ1) is 16.1. The van der Waals surface area contributed by atoms with Crippen LogP contribution in [-0.2, 0) is 16.1 Å². The molecule has 0 saturated carbocycles. The predicted octanol–water partition coefficient (Wildman–Crippen LogP) is 0.199. The molecule has 2 saturated heterocycles. The Morgan fingerprint density at radius 1 is 1.12 bits per heavy atom. The normalized spacial score (nSPS) is 24.1. The van der Waals surface area contributed by atoms with Crippen LogP contribution in [0.2, 0.25) is 0 Å². The van der Waals surface area contributed by atoms with Crippen LogP contribution in [0, 0.1) is 0 Å². The number of amides is 3. The van der Waals surface area contributed by atoms with Gasteiger partial charge in [0, 0.05) is 57.4 Å². The zero-order chi connectivity index (χ0) is 17.6. The average molecular weight is 342 g/mol. The molecule has 3 heterocycles. The number of rotatable bonds is 2. The highest BCUT2D eigenvalue weighted by molar-refractivity contribution is 6.05. The van der Waals surface area contributed by atoms with E-state index < -0.39 is 6.04 Å². The first-order valence-electron chi connectivity index (χ1n) is 8.76. The number of hydrogen-bond donors (Lipinski definition) is 1. The second-order valence-corrected chi connectivity index (χ2v) is 6.86. The molecule has 7 heteroatoms. The number of nitrogens with zero attached hydrogens (tertiary/aromatic N) is 3. The third kappa shape index (κ3) is 2.68. The lowest BCUT2D eigenvalue weighted by Gasteiger charge is -2.33. The third-order valence-electron chi connectivity index (χ3n) is 5.40. The number of fused-ring (bicyclic) bond motifs is 1. The van der Waals surface area contributed by atoms with E-state index in [1.54, 1.807) is 4.90 Å². The molecule has 0 aliphatic carbocycles. The van der Waals surface area contributed by atoms with Crippen LogP contribution in [0.1, 0.15) is 28.8 Å². The van der Waals surface area contributed by atoms with E-state index in [2.05, 4.69) is 16.3 Å². The largest absolute Gasteiger partial charge is 0.369 e. The van der Waals surface area contributed by atoms with Gasteiger partial charge in [0.25, 0.3) is 11.8 Å². The smallest absolute Gasteiger partial charge is 0.255 e. The Morgan fingerprint density at radius 3 is 2.64 bits per heavy atom. The van der Waals surface area contributed by atoms with Crippen molar-refractivity contribution < 1.29 is 14.4 Å². The summed E-state index contributed by atoms with van der Waals surface area (Å²) in [6, 6.07) is 5.40. The number of hydrogen-bond acceptors (Lipinski definition) is 5. The van der Waals surface area contributed by atoms with Crippen molar-refractivity contribution in [3.8, 4) is 0 Å². The van der Waals surface area contributed by atoms with Crippen LogP contribution in [0.4, 0.5) is 5.69 Å². The molecule has 0 spiro atoms. The highest BCUT2D eigenvalue weighted by Gasteiger charge is 2.41. The van der Waals surface area contributed by atoms with Gasteiger partial charge in [0.05, 0.1) is 0 Å². The van der Waals surface area contributed by atoms with E-state index in [4.69, 9.17) is 0 Å². The fourth-order valence-corrected chi connectivity index (χ4v) is 3.89. The summed E-state index contributed by atoms with van der Waals surface area (Å²) in [5, 5.41) is 3.33. The van der Waals surface area contributed by atoms with Gasteiger partial charge >= 0.3 is 0 Å². The molecule has 3 aliphatic rings. The minimum atomic E-state index is -0.537. The standard InChI is InChI=1S/C18H22N4O3/c1-20-16(23)5-4-15(18(20)25)22-11-12-10-13(2-3-14(12)17(22)24)21-8-6-19-7-9-21/h2-3,10,15,19H,4-9,11H2,1H3. The van der Waals surface area contributed by atoms with Gasteiger partial charge in [-0.15, -0.1) is 0 Å². The van der Waals surface area contributed by atoms with Gasteiger partial charge < -0.3 is 15.1 Å². The topological polar surface area (TPSA) is 73.0 Å². The van der Waals surface area contributed by atoms with Gasteiger partial charge in [0.15, 0.2) is 0 Å². The number of carbonyl (C=O) groups is 3. The number of anilines is 1. The van der Waals surface area contributed by atoms with Crippen LogP contribution < -0.4 is 10.2 Å². The summed E-state index contributed by atoms with van der Waals surface area (Å²) in [4.78, 5) is 41.9. The molecule has 4 rings (SSSR count). The minimum Gasteiger partial charge on any atom is -0.369 e. The highest BCUT2D eigenvalue weighted by atomic mass is 16.2. The second-order valence-electron chi connectivity index (χ2n) is 6.86. The van der Waals surface area contributed by atoms with E-state index in [0.29, 0.717) is 24.9 Å². The van der Waals surface area contributed by atoms with E-state index in [0.717, 1.165) is 42.3 Å². The van der Waals surface area contributed by atoms with Crippen molar-refractivity contribution >= 4 is 23.4 Å². The number of piperazine rings is 1. The molecule has 1 atom stereocenters. The summed E-state index contributed by atoms with van der Waals surface area (Å²) in [5.74, 6) is -0.561. The Hall–Kier alpha value is -2.41. The molecule has 1 aromatic rings. The molecule has 2 fully saturated rings. The van der Waals surface area contributed by atoms with Crippen molar-refractivity contribution in [3.05, 3.63) is 29.3 Å². The van der Waals surface area contributed by atoms with Gasteiger partial charge in [-0.05, 0) is 30.2 Å². The van der Waals surface area contributed by atoms with Crippen molar-refractivity contribution in [1.82, 2.24) is 15.1 Å². The van der Waals surface area contributed by atoms with Gasteiger partial charge in [-0.3, -0.25) is 19.3 Å². The van der Waals surface area contributed by atoms with Gasteiger partial charge in [0.1, 0.15) is 6.04 Å². The summed E-state index contributed by atoms with van der Waals surface area (Å²) in [6.45, 7) is 4.25. The molecule has 0 bridgehead atoms. The fourth-order valence-electron chi connectivity index (χ4n) is 3.89. The maximum atomic E-state index is 12.8. The maximum Gasteiger partial charge on any atom is 0.255 e. The summed E-state index contributed by atoms with van der Waals surface area (Å²) in [7, 11) is 1.49. The Morgan fingerprint density at radius 2 is 1.88 bits per heavy atom. The Labute approximate surface area is 146 Å². The second kappa shape index (κ2) is 6.15. The van der Waals surface area contributed by atoms with E-state index in [1.165, 1.54) is 7.05 Å². The molecule has 1 unspecified atom stereocenters. The first-order chi connectivity index (χ1) is 12.1. The summed E-state index contributed by atoms with van der Waals surface area (Å²) < 4.78 is 0. The minimum absolute atomic E-state index is 0.108. The van der Waals surface area contributed by atoms with Crippen molar-refractivity contribution in [1.29, 1.82) is 0 Å². The zero-order valence-corrected chi connectivity index (χ0v) is 14.3. The molecule has 1 aromatic carbocycles. The van der Waals surface area contributed by atoms with Crippen molar-refractivity contribution in [2.45, 2.75) is 25.4 Å². The van der Waals surface area contributed by atoms with Gasteiger partial charge in [-0.1, -0.05) is 0 Å². The molecular weight excluding hydrogens is 320 g/mol. The number of carbonyl (C=O) groups excluding carboxylic acids is 3. The SMILES string of the molecule is CN1C(=O)CCC(N2Cc3cc(N4CCNCC4)ccc3C2=O)C1=O. The summed E-state index contributed by atoms with van der Waals surface area (Å²) >= 11 is 0. The Bertz CT molecular complexity index is 742. The Kier molecular flexibility index (Phi) is 3.95. The number of piperidine rings is 1. The van der Waals surface area contributed by atoms with Crippen molar-refractivity contribution in [2.75, 3.05) is 38.1 Å². The quantitative estimate of drug-likeness (QED) is 0.778. The summed E-state index contributed by atoms with van der Waals surface area (Å²) in [5.41, 5.74) is 2.76. The van der Waals surface area contributed by atoms with Crippen LogP contribution in [-0.4, -0.2) is 66.8 Å².